The minimum Gasteiger partial charge on any atom is -0.494 e. The maximum absolute atomic E-state index is 13.8. The van der Waals surface area contributed by atoms with Gasteiger partial charge in [-0.25, -0.2) is 12.8 Å². The third-order valence-electron chi connectivity index (χ3n) is 6.00. The van der Waals surface area contributed by atoms with E-state index in [1.54, 1.807) is 43.3 Å². The van der Waals surface area contributed by atoms with Crippen molar-refractivity contribution >= 4 is 27.5 Å². The van der Waals surface area contributed by atoms with Crippen molar-refractivity contribution in [1.29, 1.82) is 0 Å². The first-order valence-electron chi connectivity index (χ1n) is 12.1. The number of halogens is 1. The number of amides is 2. The van der Waals surface area contributed by atoms with Crippen molar-refractivity contribution in [2.75, 3.05) is 24.5 Å². The molecule has 0 aliphatic carbocycles. The van der Waals surface area contributed by atoms with Crippen LogP contribution < -0.4 is 14.4 Å². The number of carbonyl (C=O) groups excluding carboxylic acids is 2. The Morgan fingerprint density at radius 3 is 2.13 bits per heavy atom. The molecule has 202 valence electrons. The number of carbonyl (C=O) groups is 2. The Morgan fingerprint density at radius 2 is 1.58 bits per heavy atom. The Bertz CT molecular complexity index is 1340. The zero-order valence-corrected chi connectivity index (χ0v) is 22.7. The fourth-order valence-corrected chi connectivity index (χ4v) is 5.23. The highest BCUT2D eigenvalue weighted by Gasteiger charge is 2.32. The van der Waals surface area contributed by atoms with Crippen molar-refractivity contribution in [1.82, 2.24) is 10.2 Å². The topological polar surface area (TPSA) is 96.0 Å². The molecule has 3 rings (SSSR count). The van der Waals surface area contributed by atoms with Gasteiger partial charge in [0, 0.05) is 13.6 Å². The summed E-state index contributed by atoms with van der Waals surface area (Å²) >= 11 is 0. The lowest BCUT2D eigenvalue weighted by Crippen LogP contribution is -2.50. The average molecular weight is 542 g/mol. The van der Waals surface area contributed by atoms with E-state index in [0.717, 1.165) is 9.87 Å². The first-order valence-corrected chi connectivity index (χ1v) is 13.6. The Hall–Kier alpha value is -3.92. The molecule has 0 aliphatic heterocycles. The third-order valence-corrected chi connectivity index (χ3v) is 7.79. The minimum absolute atomic E-state index is 0.0185. The van der Waals surface area contributed by atoms with Crippen LogP contribution in [-0.2, 0) is 26.2 Å². The van der Waals surface area contributed by atoms with Gasteiger partial charge in [-0.15, -0.1) is 0 Å². The molecular formula is C28H32FN3O5S. The van der Waals surface area contributed by atoms with Crippen LogP contribution in [0.3, 0.4) is 0 Å². The van der Waals surface area contributed by atoms with E-state index in [-0.39, 0.29) is 17.1 Å². The number of nitrogens with zero attached hydrogens (tertiary/aromatic N) is 2. The van der Waals surface area contributed by atoms with Gasteiger partial charge in [0.1, 0.15) is 24.2 Å². The Kier molecular flexibility index (Phi) is 9.46. The molecule has 3 aromatic rings. The average Bonchev–Trinajstić information content (AvgIpc) is 2.91. The molecule has 0 fully saturated rings. The molecular weight excluding hydrogens is 509 g/mol. The van der Waals surface area contributed by atoms with Crippen LogP contribution in [-0.4, -0.2) is 51.4 Å². The first-order chi connectivity index (χ1) is 18.1. The maximum atomic E-state index is 13.8. The second-order valence-corrected chi connectivity index (χ2v) is 10.6. The summed E-state index contributed by atoms with van der Waals surface area (Å²) in [6, 6.07) is 17.4. The van der Waals surface area contributed by atoms with Gasteiger partial charge < -0.3 is 15.0 Å². The van der Waals surface area contributed by atoms with Crippen LogP contribution in [0.4, 0.5) is 10.1 Å². The fraction of sp³-hybridized carbons (Fsp3) is 0.286. The number of likely N-dealkylation sites (N-methyl/N-ethyl adjacent to an activating group) is 1. The highest BCUT2D eigenvalue weighted by molar-refractivity contribution is 7.92. The van der Waals surface area contributed by atoms with E-state index in [2.05, 4.69) is 5.32 Å². The van der Waals surface area contributed by atoms with Gasteiger partial charge in [-0.3, -0.25) is 13.9 Å². The van der Waals surface area contributed by atoms with Crippen LogP contribution >= 0.6 is 0 Å². The second-order valence-electron chi connectivity index (χ2n) is 8.69. The minimum atomic E-state index is -4.16. The Balaban J connectivity index is 2.02. The molecule has 10 heteroatoms. The van der Waals surface area contributed by atoms with E-state index in [9.17, 15) is 22.4 Å². The van der Waals surface area contributed by atoms with Gasteiger partial charge in [-0.05, 0) is 74.9 Å². The highest BCUT2D eigenvalue weighted by Crippen LogP contribution is 2.27. The summed E-state index contributed by atoms with van der Waals surface area (Å²) in [4.78, 5) is 27.5. The standard InChI is InChI=1S/C28H32FN3O5S/c1-5-37-25-14-12-24(13-15-25)32(38(35,36)26-16-6-20(2)7-17-26)19-27(33)31(21(3)28(34)30-4)18-22-8-10-23(29)11-9-22/h6-17,21H,5,18-19H2,1-4H3,(H,30,34)/t21-/m0/s1. The van der Waals surface area contributed by atoms with E-state index < -0.39 is 40.2 Å². The van der Waals surface area contributed by atoms with Crippen molar-refractivity contribution in [3.05, 3.63) is 89.7 Å². The lowest BCUT2D eigenvalue weighted by atomic mass is 10.1. The summed E-state index contributed by atoms with van der Waals surface area (Å²) in [6.45, 7) is 5.10. The van der Waals surface area contributed by atoms with Crippen LogP contribution in [0.5, 0.6) is 5.75 Å². The molecule has 1 N–H and O–H groups in total. The number of aryl methyl sites for hydroxylation is 1. The van der Waals surface area contributed by atoms with E-state index >= 15 is 0 Å². The molecule has 0 aliphatic rings. The molecule has 0 unspecified atom stereocenters. The van der Waals surface area contributed by atoms with Crippen LogP contribution in [0.1, 0.15) is 25.0 Å². The number of sulfonamides is 1. The summed E-state index contributed by atoms with van der Waals surface area (Å²) < 4.78 is 47.5. The smallest absolute Gasteiger partial charge is 0.264 e. The molecule has 0 heterocycles. The van der Waals surface area contributed by atoms with E-state index in [1.165, 1.54) is 48.3 Å². The number of hydrogen-bond donors (Lipinski definition) is 1. The van der Waals surface area contributed by atoms with Crippen LogP contribution in [0.25, 0.3) is 0 Å². The normalized spacial score (nSPS) is 11.9. The maximum Gasteiger partial charge on any atom is 0.264 e. The molecule has 8 nitrogen and oxygen atoms in total. The van der Waals surface area contributed by atoms with Crippen LogP contribution in [0.2, 0.25) is 0 Å². The molecule has 38 heavy (non-hydrogen) atoms. The molecule has 3 aromatic carbocycles. The lowest BCUT2D eigenvalue weighted by Gasteiger charge is -2.31. The van der Waals surface area contributed by atoms with Gasteiger partial charge in [-0.2, -0.15) is 0 Å². The summed E-state index contributed by atoms with van der Waals surface area (Å²) in [5.41, 5.74) is 1.73. The van der Waals surface area contributed by atoms with Crippen LogP contribution in [0, 0.1) is 12.7 Å². The molecule has 0 saturated heterocycles. The van der Waals surface area contributed by atoms with E-state index in [1.807, 2.05) is 13.8 Å². The number of nitrogens with one attached hydrogen (secondary N) is 1. The number of benzene rings is 3. The highest BCUT2D eigenvalue weighted by atomic mass is 32.2. The monoisotopic (exact) mass is 541 g/mol. The van der Waals surface area contributed by atoms with Gasteiger partial charge in [0.25, 0.3) is 10.0 Å². The molecule has 2 amide bonds. The summed E-state index contributed by atoms with van der Waals surface area (Å²) in [7, 11) is -2.71. The number of hydrogen-bond acceptors (Lipinski definition) is 5. The number of rotatable bonds is 11. The van der Waals surface area contributed by atoms with Crippen molar-refractivity contribution in [2.45, 2.75) is 38.3 Å². The molecule has 0 saturated carbocycles. The first kappa shape index (κ1) is 28.6. The van der Waals surface area contributed by atoms with Crippen LogP contribution in [0.15, 0.2) is 77.7 Å². The number of ether oxygens (including phenoxy) is 1. The third kappa shape index (κ3) is 6.89. The van der Waals surface area contributed by atoms with Crippen molar-refractivity contribution < 1.29 is 27.1 Å². The molecule has 1 atom stereocenters. The van der Waals surface area contributed by atoms with Gasteiger partial charge in [0.15, 0.2) is 0 Å². The fourth-order valence-electron chi connectivity index (χ4n) is 3.82. The lowest BCUT2D eigenvalue weighted by molar-refractivity contribution is -0.139. The van der Waals surface area contributed by atoms with Gasteiger partial charge in [-0.1, -0.05) is 29.8 Å². The van der Waals surface area contributed by atoms with Crippen molar-refractivity contribution in [3.63, 3.8) is 0 Å². The summed E-state index contributed by atoms with van der Waals surface area (Å²) in [5.74, 6) is -0.900. The van der Waals surface area contributed by atoms with E-state index in [0.29, 0.717) is 17.9 Å². The van der Waals surface area contributed by atoms with E-state index in [4.69, 9.17) is 4.74 Å². The molecule has 0 aromatic heterocycles. The largest absolute Gasteiger partial charge is 0.494 e. The van der Waals surface area contributed by atoms with Gasteiger partial charge >= 0.3 is 0 Å². The van der Waals surface area contributed by atoms with Gasteiger partial charge in [0.05, 0.1) is 17.2 Å². The SMILES string of the molecule is CCOc1ccc(N(CC(=O)N(Cc2ccc(F)cc2)[C@@H](C)C(=O)NC)S(=O)(=O)c2ccc(C)cc2)cc1. The second kappa shape index (κ2) is 12.6. The Labute approximate surface area is 223 Å². The molecule has 0 spiro atoms. The Morgan fingerprint density at radius 1 is 0.974 bits per heavy atom. The number of anilines is 1. The predicted molar refractivity (Wildman–Crippen MR) is 144 cm³/mol. The van der Waals surface area contributed by atoms with Gasteiger partial charge in [0.2, 0.25) is 11.8 Å². The zero-order valence-electron chi connectivity index (χ0n) is 21.8. The molecule has 0 bridgehead atoms. The summed E-state index contributed by atoms with van der Waals surface area (Å²) in [6.07, 6.45) is 0. The predicted octanol–water partition coefficient (Wildman–Crippen LogP) is 3.89. The quantitative estimate of drug-likeness (QED) is 0.397. The van der Waals surface area contributed by atoms with Crippen molar-refractivity contribution in [3.8, 4) is 5.75 Å². The van der Waals surface area contributed by atoms with Crippen molar-refractivity contribution in [2.24, 2.45) is 0 Å². The molecule has 0 radical (unpaired) electrons. The summed E-state index contributed by atoms with van der Waals surface area (Å²) in [5, 5.41) is 2.52. The zero-order chi connectivity index (χ0) is 27.9.